The largest absolute Gasteiger partial charge is 0.463 e. The van der Waals surface area contributed by atoms with Crippen LogP contribution in [0.25, 0.3) is 6.08 Å². The lowest BCUT2D eigenvalue weighted by atomic mass is 10.1. The van der Waals surface area contributed by atoms with Crippen molar-refractivity contribution in [3.8, 4) is 5.75 Å². The Labute approximate surface area is 202 Å². The van der Waals surface area contributed by atoms with Gasteiger partial charge >= 0.3 is 18.0 Å². The van der Waals surface area contributed by atoms with Gasteiger partial charge in [0, 0.05) is 10.0 Å². The second-order valence-electron chi connectivity index (χ2n) is 7.07. The maximum atomic E-state index is 12.8. The zero-order valence-corrected chi connectivity index (χ0v) is 19.3. The minimum atomic E-state index is -0.668. The van der Waals surface area contributed by atoms with Crippen LogP contribution in [0.4, 0.5) is 4.79 Å². The molecular weight excluding hydrogens is 508 g/mol. The number of esters is 2. The van der Waals surface area contributed by atoms with Crippen molar-refractivity contribution in [2.24, 2.45) is 0 Å². The van der Waals surface area contributed by atoms with Crippen molar-refractivity contribution < 1.29 is 33.1 Å². The summed E-state index contributed by atoms with van der Waals surface area (Å²) in [5.74, 6) is -1.43. The van der Waals surface area contributed by atoms with Gasteiger partial charge in [0.05, 0.1) is 19.2 Å². The van der Waals surface area contributed by atoms with E-state index in [2.05, 4.69) is 26.0 Å². The molecule has 0 bridgehead atoms. The molecule has 0 saturated carbocycles. The number of imide groups is 1. The highest BCUT2D eigenvalue weighted by molar-refractivity contribution is 9.10. The molecule has 2 heterocycles. The Morgan fingerprint density at radius 1 is 1.03 bits per heavy atom. The molecule has 1 saturated heterocycles. The average molecular weight is 525 g/mol. The van der Waals surface area contributed by atoms with Crippen LogP contribution < -0.4 is 10.1 Å². The first-order valence-electron chi connectivity index (χ1n) is 9.94. The smallest absolute Gasteiger partial charge is 0.373 e. The van der Waals surface area contributed by atoms with Crippen LogP contribution in [0.5, 0.6) is 5.75 Å². The lowest BCUT2D eigenvalue weighted by Crippen LogP contribution is -2.30. The van der Waals surface area contributed by atoms with E-state index in [1.165, 1.54) is 25.3 Å². The molecule has 0 unspecified atom stereocenters. The Balaban J connectivity index is 1.52. The molecule has 2 aromatic carbocycles. The zero-order valence-electron chi connectivity index (χ0n) is 17.7. The van der Waals surface area contributed by atoms with Gasteiger partial charge in [0.15, 0.2) is 0 Å². The Morgan fingerprint density at radius 2 is 1.76 bits per heavy atom. The van der Waals surface area contributed by atoms with Gasteiger partial charge in [-0.05, 0) is 48.5 Å². The van der Waals surface area contributed by atoms with Crippen LogP contribution in [-0.4, -0.2) is 35.9 Å². The molecular formula is C24H17BrN2O7. The summed E-state index contributed by atoms with van der Waals surface area (Å²) in [5.41, 5.74) is 0.771. The number of nitrogens with one attached hydrogen (secondary N) is 1. The van der Waals surface area contributed by atoms with Crippen LogP contribution in [0.1, 0.15) is 32.2 Å². The quantitative estimate of drug-likeness (QED) is 0.223. The second kappa shape index (κ2) is 9.75. The number of hydrogen-bond donors (Lipinski definition) is 1. The van der Waals surface area contributed by atoms with Crippen molar-refractivity contribution in [1.29, 1.82) is 0 Å². The van der Waals surface area contributed by atoms with E-state index in [1.807, 2.05) is 0 Å². The van der Waals surface area contributed by atoms with Gasteiger partial charge in [-0.2, -0.15) is 0 Å². The summed E-state index contributed by atoms with van der Waals surface area (Å²) < 4.78 is 16.2. The molecule has 10 heteroatoms. The van der Waals surface area contributed by atoms with E-state index in [0.29, 0.717) is 11.1 Å². The predicted molar refractivity (Wildman–Crippen MR) is 123 cm³/mol. The van der Waals surface area contributed by atoms with Gasteiger partial charge in [0.1, 0.15) is 17.2 Å². The number of carbonyl (C=O) groups is 4. The van der Waals surface area contributed by atoms with E-state index >= 15 is 0 Å². The van der Waals surface area contributed by atoms with Crippen molar-refractivity contribution in [3.63, 3.8) is 0 Å². The van der Waals surface area contributed by atoms with Gasteiger partial charge < -0.3 is 19.2 Å². The topological polar surface area (TPSA) is 115 Å². The summed E-state index contributed by atoms with van der Waals surface area (Å²) in [6.07, 6.45) is 1.42. The third-order valence-corrected chi connectivity index (χ3v) is 5.35. The number of amides is 3. The van der Waals surface area contributed by atoms with Crippen LogP contribution in [0.15, 0.2) is 75.3 Å². The SMILES string of the molecule is COC(=O)c1ccc(CN2C(=O)N/C(=C/c3ccccc3OC(=O)c3ccc(Br)cc3)C2=O)o1. The molecule has 0 radical (unpaired) electrons. The first-order valence-corrected chi connectivity index (χ1v) is 10.7. The summed E-state index contributed by atoms with van der Waals surface area (Å²) >= 11 is 3.31. The number of urea groups is 1. The molecule has 1 aliphatic heterocycles. The molecule has 1 N–H and O–H groups in total. The van der Waals surface area contributed by atoms with Gasteiger partial charge in [-0.3, -0.25) is 9.69 Å². The highest BCUT2D eigenvalue weighted by atomic mass is 79.9. The van der Waals surface area contributed by atoms with Crippen LogP contribution in [0, 0.1) is 0 Å². The fraction of sp³-hybridized carbons (Fsp3) is 0.0833. The first kappa shape index (κ1) is 23.0. The van der Waals surface area contributed by atoms with Crippen LogP contribution in [0.3, 0.4) is 0 Å². The second-order valence-corrected chi connectivity index (χ2v) is 7.99. The van der Waals surface area contributed by atoms with E-state index in [9.17, 15) is 19.2 Å². The molecule has 1 aromatic heterocycles. The molecule has 1 aliphatic rings. The van der Waals surface area contributed by atoms with Gasteiger partial charge in [0.25, 0.3) is 5.91 Å². The fourth-order valence-electron chi connectivity index (χ4n) is 3.14. The van der Waals surface area contributed by atoms with Crippen LogP contribution in [0.2, 0.25) is 0 Å². The monoisotopic (exact) mass is 524 g/mol. The summed E-state index contributed by atoms with van der Waals surface area (Å²) in [4.78, 5) is 50.2. The number of furan rings is 1. The molecule has 34 heavy (non-hydrogen) atoms. The van der Waals surface area contributed by atoms with Gasteiger partial charge in [0.2, 0.25) is 5.76 Å². The first-order chi connectivity index (χ1) is 16.4. The molecule has 172 valence electrons. The van der Waals surface area contributed by atoms with E-state index in [0.717, 1.165) is 9.37 Å². The van der Waals surface area contributed by atoms with Gasteiger partial charge in [-0.1, -0.05) is 34.1 Å². The molecule has 3 amide bonds. The molecule has 4 rings (SSSR count). The number of ether oxygens (including phenoxy) is 2. The summed E-state index contributed by atoms with van der Waals surface area (Å²) in [6, 6.07) is 15.5. The van der Waals surface area contributed by atoms with Crippen LogP contribution >= 0.6 is 15.9 Å². The molecule has 1 fully saturated rings. The number of methoxy groups -OCH3 is 1. The van der Waals surface area contributed by atoms with Crippen molar-refractivity contribution in [3.05, 3.63) is 93.5 Å². The summed E-state index contributed by atoms with van der Waals surface area (Å²) in [5, 5.41) is 2.50. The maximum Gasteiger partial charge on any atom is 0.373 e. The van der Waals surface area contributed by atoms with E-state index in [-0.39, 0.29) is 29.5 Å². The van der Waals surface area contributed by atoms with Crippen molar-refractivity contribution in [1.82, 2.24) is 10.2 Å². The molecule has 0 atom stereocenters. The molecule has 0 spiro atoms. The summed E-state index contributed by atoms with van der Waals surface area (Å²) in [6.45, 7) is -0.181. The Bertz CT molecular complexity index is 1310. The predicted octanol–water partition coefficient (Wildman–Crippen LogP) is 4.14. The number of rotatable bonds is 6. The average Bonchev–Trinajstić information content (AvgIpc) is 3.40. The summed E-state index contributed by atoms with van der Waals surface area (Å²) in [7, 11) is 1.22. The van der Waals surface area contributed by atoms with E-state index < -0.39 is 23.9 Å². The lowest BCUT2D eigenvalue weighted by molar-refractivity contribution is -0.123. The number of para-hydroxylation sites is 1. The fourth-order valence-corrected chi connectivity index (χ4v) is 3.40. The van der Waals surface area contributed by atoms with Gasteiger partial charge in [-0.25, -0.2) is 14.4 Å². The highest BCUT2D eigenvalue weighted by Crippen LogP contribution is 2.25. The number of benzene rings is 2. The Hall–Kier alpha value is -4.18. The highest BCUT2D eigenvalue weighted by Gasteiger charge is 2.34. The Morgan fingerprint density at radius 3 is 2.50 bits per heavy atom. The minimum Gasteiger partial charge on any atom is -0.463 e. The number of hydrogen-bond acceptors (Lipinski definition) is 7. The number of nitrogens with zero attached hydrogens (tertiary/aromatic N) is 1. The molecule has 0 aliphatic carbocycles. The molecule has 3 aromatic rings. The minimum absolute atomic E-state index is 0.00288. The van der Waals surface area contributed by atoms with Crippen molar-refractivity contribution >= 4 is 45.9 Å². The third kappa shape index (κ3) is 4.91. The number of carbonyl (C=O) groups excluding carboxylic acids is 4. The zero-order chi connectivity index (χ0) is 24.2. The molecule has 9 nitrogen and oxygen atoms in total. The lowest BCUT2D eigenvalue weighted by Gasteiger charge is -2.09. The van der Waals surface area contributed by atoms with E-state index in [4.69, 9.17) is 9.15 Å². The van der Waals surface area contributed by atoms with E-state index in [1.54, 1.807) is 48.5 Å². The van der Waals surface area contributed by atoms with Crippen molar-refractivity contribution in [2.75, 3.05) is 7.11 Å². The standard InChI is InChI=1S/C24H17BrN2O7/c1-32-23(30)20-11-10-17(33-20)13-27-21(28)18(26-24(27)31)12-15-4-2-3-5-19(15)34-22(29)14-6-8-16(25)9-7-14/h2-12H,13H2,1H3,(H,26,31)/b18-12+. The van der Waals surface area contributed by atoms with Gasteiger partial charge in [-0.15, -0.1) is 0 Å². The third-order valence-electron chi connectivity index (χ3n) is 4.83. The maximum absolute atomic E-state index is 12.8. The Kier molecular flexibility index (Phi) is 6.60. The van der Waals surface area contributed by atoms with Crippen molar-refractivity contribution in [2.45, 2.75) is 6.54 Å². The number of halogens is 1. The van der Waals surface area contributed by atoms with Crippen LogP contribution in [-0.2, 0) is 16.1 Å². The normalized spacial score (nSPS) is 14.3.